The molecular formula is C11H14FN3O2. The van der Waals surface area contributed by atoms with Gasteiger partial charge in [-0.2, -0.15) is 0 Å². The fourth-order valence-corrected chi connectivity index (χ4v) is 1.10. The van der Waals surface area contributed by atoms with E-state index in [1.807, 2.05) is 0 Å². The Balaban J connectivity index is 2.43. The lowest BCUT2D eigenvalue weighted by Gasteiger charge is -2.08. The van der Waals surface area contributed by atoms with Crippen molar-refractivity contribution in [3.8, 4) is 0 Å². The van der Waals surface area contributed by atoms with Crippen molar-refractivity contribution < 1.29 is 14.0 Å². The Morgan fingerprint density at radius 1 is 1.47 bits per heavy atom. The van der Waals surface area contributed by atoms with Crippen LogP contribution in [0.15, 0.2) is 24.3 Å². The number of hydrogen-bond donors (Lipinski definition) is 3. The van der Waals surface area contributed by atoms with Gasteiger partial charge in [0.15, 0.2) is 0 Å². The highest BCUT2D eigenvalue weighted by atomic mass is 19.1. The van der Waals surface area contributed by atoms with Crippen LogP contribution in [0.25, 0.3) is 0 Å². The molecule has 0 aliphatic heterocycles. The van der Waals surface area contributed by atoms with Crippen molar-refractivity contribution in [3.63, 3.8) is 0 Å². The number of amides is 2. The second kappa shape index (κ2) is 5.95. The summed E-state index contributed by atoms with van der Waals surface area (Å²) in [4.78, 5) is 22.4. The third-order valence-electron chi connectivity index (χ3n) is 1.95. The number of anilines is 1. The average Bonchev–Trinajstić information content (AvgIpc) is 2.25. The molecule has 0 heterocycles. The molecule has 5 nitrogen and oxygen atoms in total. The summed E-state index contributed by atoms with van der Waals surface area (Å²) in [6.45, 7) is 1.32. The van der Waals surface area contributed by atoms with Crippen LogP contribution in [0, 0.1) is 5.82 Å². The molecule has 0 aliphatic rings. The summed E-state index contributed by atoms with van der Waals surface area (Å²) in [5.74, 6) is -1.30. The summed E-state index contributed by atoms with van der Waals surface area (Å²) in [7, 11) is 0. The molecule has 0 spiro atoms. The number of hydrogen-bond acceptors (Lipinski definition) is 3. The third kappa shape index (κ3) is 4.60. The molecule has 6 heteroatoms. The lowest BCUT2D eigenvalue weighted by Crippen LogP contribution is -2.41. The minimum Gasteiger partial charge on any atom is -0.346 e. The summed E-state index contributed by atoms with van der Waals surface area (Å²) < 4.78 is 12.8. The molecule has 4 N–H and O–H groups in total. The van der Waals surface area contributed by atoms with Crippen LogP contribution in [0.1, 0.15) is 6.92 Å². The fourth-order valence-electron chi connectivity index (χ4n) is 1.10. The van der Waals surface area contributed by atoms with Gasteiger partial charge in [0.1, 0.15) is 5.82 Å². The van der Waals surface area contributed by atoms with Crippen molar-refractivity contribution in [2.45, 2.75) is 13.0 Å². The van der Waals surface area contributed by atoms with Gasteiger partial charge in [-0.1, -0.05) is 6.07 Å². The maximum absolute atomic E-state index is 12.8. The summed E-state index contributed by atoms with van der Waals surface area (Å²) >= 11 is 0. The Morgan fingerprint density at radius 2 is 2.18 bits per heavy atom. The van der Waals surface area contributed by atoms with E-state index in [2.05, 4.69) is 10.6 Å². The average molecular weight is 239 g/mol. The number of benzene rings is 1. The van der Waals surface area contributed by atoms with Gasteiger partial charge in [-0.05, 0) is 25.1 Å². The SMILES string of the molecule is C[C@H](N)C(=O)NCC(=O)Nc1cccc(F)c1. The van der Waals surface area contributed by atoms with E-state index in [4.69, 9.17) is 5.73 Å². The lowest BCUT2D eigenvalue weighted by atomic mass is 10.3. The molecule has 92 valence electrons. The number of halogens is 1. The van der Waals surface area contributed by atoms with Crippen LogP contribution in [0.5, 0.6) is 0 Å². The van der Waals surface area contributed by atoms with Crippen molar-refractivity contribution in [2.75, 3.05) is 11.9 Å². The van der Waals surface area contributed by atoms with E-state index >= 15 is 0 Å². The van der Waals surface area contributed by atoms with Crippen molar-refractivity contribution in [1.82, 2.24) is 5.32 Å². The quantitative estimate of drug-likeness (QED) is 0.703. The van der Waals surface area contributed by atoms with Crippen LogP contribution in [0.4, 0.5) is 10.1 Å². The van der Waals surface area contributed by atoms with E-state index in [0.29, 0.717) is 5.69 Å². The molecule has 0 unspecified atom stereocenters. The van der Waals surface area contributed by atoms with Crippen LogP contribution in [-0.4, -0.2) is 24.4 Å². The molecule has 0 saturated heterocycles. The Morgan fingerprint density at radius 3 is 2.76 bits per heavy atom. The predicted octanol–water partition coefficient (Wildman–Crippen LogP) is 0.228. The highest BCUT2D eigenvalue weighted by Crippen LogP contribution is 2.08. The van der Waals surface area contributed by atoms with E-state index in [-0.39, 0.29) is 6.54 Å². The molecule has 0 radical (unpaired) electrons. The molecule has 0 aliphatic carbocycles. The van der Waals surface area contributed by atoms with Gasteiger partial charge in [-0.25, -0.2) is 4.39 Å². The zero-order valence-corrected chi connectivity index (χ0v) is 9.37. The van der Waals surface area contributed by atoms with Gasteiger partial charge in [-0.15, -0.1) is 0 Å². The van der Waals surface area contributed by atoms with Crippen molar-refractivity contribution in [1.29, 1.82) is 0 Å². The first-order valence-corrected chi connectivity index (χ1v) is 5.08. The van der Waals surface area contributed by atoms with Crippen LogP contribution in [-0.2, 0) is 9.59 Å². The summed E-state index contributed by atoms with van der Waals surface area (Å²) in [5, 5.41) is 4.79. The van der Waals surface area contributed by atoms with E-state index < -0.39 is 23.7 Å². The van der Waals surface area contributed by atoms with E-state index in [9.17, 15) is 14.0 Å². The van der Waals surface area contributed by atoms with E-state index in [1.165, 1.54) is 25.1 Å². The molecule has 1 rings (SSSR count). The lowest BCUT2D eigenvalue weighted by molar-refractivity contribution is -0.124. The molecular weight excluding hydrogens is 225 g/mol. The van der Waals surface area contributed by atoms with Crippen LogP contribution < -0.4 is 16.4 Å². The van der Waals surface area contributed by atoms with Crippen molar-refractivity contribution >= 4 is 17.5 Å². The van der Waals surface area contributed by atoms with E-state index in [0.717, 1.165) is 0 Å². The van der Waals surface area contributed by atoms with Gasteiger partial charge in [0.05, 0.1) is 12.6 Å². The van der Waals surface area contributed by atoms with Gasteiger partial charge < -0.3 is 16.4 Å². The van der Waals surface area contributed by atoms with Crippen LogP contribution in [0.3, 0.4) is 0 Å². The predicted molar refractivity (Wildman–Crippen MR) is 61.7 cm³/mol. The van der Waals surface area contributed by atoms with Gasteiger partial charge in [0.25, 0.3) is 0 Å². The Kier molecular flexibility index (Phi) is 4.59. The first-order valence-electron chi connectivity index (χ1n) is 5.08. The normalized spacial score (nSPS) is 11.7. The largest absolute Gasteiger partial charge is 0.346 e. The number of rotatable bonds is 4. The van der Waals surface area contributed by atoms with Crippen molar-refractivity contribution in [2.24, 2.45) is 5.73 Å². The van der Waals surface area contributed by atoms with Crippen LogP contribution in [0.2, 0.25) is 0 Å². The molecule has 0 bridgehead atoms. The highest BCUT2D eigenvalue weighted by Gasteiger charge is 2.09. The Labute approximate surface area is 98.2 Å². The molecule has 17 heavy (non-hydrogen) atoms. The second-order valence-electron chi connectivity index (χ2n) is 3.57. The minimum absolute atomic E-state index is 0.198. The molecule has 0 aromatic heterocycles. The molecule has 0 saturated carbocycles. The maximum atomic E-state index is 12.8. The molecule has 1 aromatic rings. The summed E-state index contributed by atoms with van der Waals surface area (Å²) in [5.41, 5.74) is 5.64. The molecule has 0 fully saturated rings. The third-order valence-corrected chi connectivity index (χ3v) is 1.95. The van der Waals surface area contributed by atoms with Gasteiger partial charge in [-0.3, -0.25) is 9.59 Å². The topological polar surface area (TPSA) is 84.2 Å². The maximum Gasteiger partial charge on any atom is 0.243 e. The standard InChI is InChI=1S/C11H14FN3O2/c1-7(13)11(17)14-6-10(16)15-9-4-2-3-8(12)5-9/h2-5,7H,6,13H2,1H3,(H,14,17)(H,15,16)/t7-/m0/s1. The van der Waals surface area contributed by atoms with E-state index in [1.54, 1.807) is 6.07 Å². The number of nitrogens with one attached hydrogen (secondary N) is 2. The van der Waals surface area contributed by atoms with Crippen LogP contribution >= 0.6 is 0 Å². The Bertz CT molecular complexity index is 421. The molecule has 1 aromatic carbocycles. The molecule has 2 amide bonds. The monoisotopic (exact) mass is 239 g/mol. The minimum atomic E-state index is -0.669. The number of carbonyl (C=O) groups is 2. The Hall–Kier alpha value is -1.95. The summed E-state index contributed by atoms with van der Waals surface area (Å²) in [6.07, 6.45) is 0. The molecule has 1 atom stereocenters. The number of nitrogens with two attached hydrogens (primary N) is 1. The second-order valence-corrected chi connectivity index (χ2v) is 3.57. The van der Waals surface area contributed by atoms with Gasteiger partial charge >= 0.3 is 0 Å². The number of carbonyl (C=O) groups excluding carboxylic acids is 2. The van der Waals surface area contributed by atoms with Crippen molar-refractivity contribution in [3.05, 3.63) is 30.1 Å². The zero-order chi connectivity index (χ0) is 12.8. The highest BCUT2D eigenvalue weighted by molar-refractivity contribution is 5.95. The fraction of sp³-hybridized carbons (Fsp3) is 0.273. The smallest absolute Gasteiger partial charge is 0.243 e. The first kappa shape index (κ1) is 13.1. The summed E-state index contributed by atoms with van der Waals surface area (Å²) in [6, 6.07) is 4.82. The first-order chi connectivity index (χ1) is 7.99. The van der Waals surface area contributed by atoms with Gasteiger partial charge in [0, 0.05) is 5.69 Å². The van der Waals surface area contributed by atoms with Gasteiger partial charge in [0.2, 0.25) is 11.8 Å². The zero-order valence-electron chi connectivity index (χ0n) is 9.37.